The highest BCUT2D eigenvalue weighted by atomic mass is 16.1. The second-order valence-electron chi connectivity index (χ2n) is 4.72. The summed E-state index contributed by atoms with van der Waals surface area (Å²) >= 11 is 0. The summed E-state index contributed by atoms with van der Waals surface area (Å²) in [5.74, 6) is 0.0884. The number of hydrogen-bond donors (Lipinski definition) is 0. The summed E-state index contributed by atoms with van der Waals surface area (Å²) in [7, 11) is 0. The molecule has 0 radical (unpaired) electrons. The van der Waals surface area contributed by atoms with Crippen LogP contribution in [0.25, 0.3) is 5.69 Å². The van der Waals surface area contributed by atoms with Crippen molar-refractivity contribution in [2.24, 2.45) is 0 Å². The van der Waals surface area contributed by atoms with Crippen LogP contribution in [0.3, 0.4) is 0 Å². The molecule has 1 aromatic carbocycles. The minimum atomic E-state index is 0.0884. The Kier molecular flexibility index (Phi) is 5.49. The first-order valence-corrected chi connectivity index (χ1v) is 7.17. The quantitative estimate of drug-likeness (QED) is 0.761. The van der Waals surface area contributed by atoms with Crippen molar-refractivity contribution in [1.29, 1.82) is 5.26 Å². The summed E-state index contributed by atoms with van der Waals surface area (Å²) in [6.45, 7) is 11.5. The van der Waals surface area contributed by atoms with Gasteiger partial charge in [0, 0.05) is 22.6 Å². The molecule has 0 aliphatic carbocycles. The van der Waals surface area contributed by atoms with E-state index >= 15 is 0 Å². The molecule has 0 amide bonds. The first kappa shape index (κ1) is 16.7. The van der Waals surface area contributed by atoms with Crippen molar-refractivity contribution in [3.8, 4) is 11.8 Å². The van der Waals surface area contributed by atoms with Crippen LogP contribution in [-0.4, -0.2) is 10.4 Å². The predicted molar refractivity (Wildman–Crippen MR) is 86.0 cm³/mol. The molecular weight excluding hydrogens is 260 g/mol. The van der Waals surface area contributed by atoms with Gasteiger partial charge in [0.25, 0.3) is 0 Å². The molecule has 1 heterocycles. The Morgan fingerprint density at radius 2 is 1.57 bits per heavy atom. The van der Waals surface area contributed by atoms with E-state index < -0.39 is 0 Å². The van der Waals surface area contributed by atoms with Gasteiger partial charge >= 0.3 is 0 Å². The zero-order chi connectivity index (χ0) is 16.2. The lowest BCUT2D eigenvalue weighted by molar-refractivity contribution is 0.101. The van der Waals surface area contributed by atoms with E-state index in [4.69, 9.17) is 5.26 Å². The number of Topliss-reactive ketones (excluding diaryl/α,β-unsaturated/α-hetero) is 1. The number of carbonyl (C=O) groups excluding carboxylic acids is 1. The zero-order valence-electron chi connectivity index (χ0n) is 13.6. The molecule has 0 bridgehead atoms. The second-order valence-corrected chi connectivity index (χ2v) is 4.72. The maximum atomic E-state index is 11.7. The minimum Gasteiger partial charge on any atom is -0.317 e. The van der Waals surface area contributed by atoms with E-state index in [2.05, 4.69) is 10.6 Å². The van der Waals surface area contributed by atoms with Gasteiger partial charge in [-0.1, -0.05) is 13.8 Å². The van der Waals surface area contributed by atoms with Gasteiger partial charge in [-0.15, -0.1) is 0 Å². The number of aromatic nitrogens is 1. The molecule has 0 saturated heterocycles. The Hall–Kier alpha value is -2.34. The van der Waals surface area contributed by atoms with Crippen molar-refractivity contribution in [3.05, 3.63) is 52.3 Å². The van der Waals surface area contributed by atoms with Gasteiger partial charge in [-0.05, 0) is 57.5 Å². The van der Waals surface area contributed by atoms with Crippen molar-refractivity contribution < 1.29 is 4.79 Å². The molecule has 0 aliphatic rings. The molecule has 3 heteroatoms. The summed E-state index contributed by atoms with van der Waals surface area (Å²) in [5.41, 5.74) is 5.44. The molecule has 0 aliphatic heterocycles. The fraction of sp³-hybridized carbons (Fsp3) is 0.333. The lowest BCUT2D eigenvalue weighted by Gasteiger charge is -2.09. The fourth-order valence-corrected chi connectivity index (χ4v) is 2.57. The Morgan fingerprint density at radius 1 is 1.05 bits per heavy atom. The molecule has 2 rings (SSSR count). The highest BCUT2D eigenvalue weighted by molar-refractivity contribution is 5.97. The first-order valence-electron chi connectivity index (χ1n) is 7.17. The average Bonchev–Trinajstić information content (AvgIpc) is 2.71. The molecule has 0 spiro atoms. The SMILES string of the molecule is CC.CC(=O)c1c(C)c(C)n(-c2ccc(C#N)cc2)c1C. The minimum absolute atomic E-state index is 0.0884. The van der Waals surface area contributed by atoms with Crippen LogP contribution in [0, 0.1) is 32.1 Å². The number of nitriles is 1. The van der Waals surface area contributed by atoms with Gasteiger partial charge in [-0.25, -0.2) is 0 Å². The Morgan fingerprint density at radius 3 is 1.95 bits per heavy atom. The highest BCUT2D eigenvalue weighted by Gasteiger charge is 2.18. The van der Waals surface area contributed by atoms with E-state index in [1.54, 1.807) is 19.1 Å². The average molecular weight is 282 g/mol. The van der Waals surface area contributed by atoms with Crippen LogP contribution >= 0.6 is 0 Å². The standard InChI is InChI=1S/C16H16N2O.C2H6/c1-10-11(2)18(12(3)16(10)13(4)19)15-7-5-14(9-17)6-8-15;1-2/h5-8H,1-4H3;1-2H3. The third-order valence-electron chi connectivity index (χ3n) is 3.56. The number of hydrogen-bond acceptors (Lipinski definition) is 2. The zero-order valence-corrected chi connectivity index (χ0v) is 13.6. The van der Waals surface area contributed by atoms with Crippen LogP contribution in [0.2, 0.25) is 0 Å². The Bertz CT molecular complexity index is 685. The second kappa shape index (κ2) is 6.90. The summed E-state index contributed by atoms with van der Waals surface area (Å²) < 4.78 is 2.06. The van der Waals surface area contributed by atoms with E-state index in [0.717, 1.165) is 28.2 Å². The summed E-state index contributed by atoms with van der Waals surface area (Å²) in [5, 5.41) is 8.83. The van der Waals surface area contributed by atoms with E-state index in [1.165, 1.54) is 0 Å². The molecule has 110 valence electrons. The largest absolute Gasteiger partial charge is 0.317 e. The third-order valence-corrected chi connectivity index (χ3v) is 3.56. The molecule has 3 nitrogen and oxygen atoms in total. The molecule has 21 heavy (non-hydrogen) atoms. The number of ketones is 1. The van der Waals surface area contributed by atoms with E-state index in [-0.39, 0.29) is 5.78 Å². The fourth-order valence-electron chi connectivity index (χ4n) is 2.57. The lowest BCUT2D eigenvalue weighted by Crippen LogP contribution is -2.01. The molecule has 0 unspecified atom stereocenters. The number of nitrogens with zero attached hydrogens (tertiary/aromatic N) is 2. The number of carbonyl (C=O) groups is 1. The van der Waals surface area contributed by atoms with Gasteiger partial charge in [-0.2, -0.15) is 5.26 Å². The van der Waals surface area contributed by atoms with Crippen molar-refractivity contribution in [2.75, 3.05) is 0 Å². The predicted octanol–water partition coefficient (Wildman–Crippen LogP) is 4.50. The smallest absolute Gasteiger partial charge is 0.161 e. The molecule has 0 fully saturated rings. The molecular formula is C18H22N2O. The Labute approximate surface area is 126 Å². The monoisotopic (exact) mass is 282 g/mol. The molecule has 0 N–H and O–H groups in total. The maximum absolute atomic E-state index is 11.7. The summed E-state index contributed by atoms with van der Waals surface area (Å²) in [6.07, 6.45) is 0. The van der Waals surface area contributed by atoms with E-state index in [1.807, 2.05) is 46.8 Å². The van der Waals surface area contributed by atoms with Crippen LogP contribution in [0.15, 0.2) is 24.3 Å². The molecule has 1 aromatic heterocycles. The van der Waals surface area contributed by atoms with Crippen molar-refractivity contribution in [1.82, 2.24) is 4.57 Å². The van der Waals surface area contributed by atoms with Crippen LogP contribution in [-0.2, 0) is 0 Å². The third kappa shape index (κ3) is 3.05. The molecule has 0 saturated carbocycles. The van der Waals surface area contributed by atoms with Crippen molar-refractivity contribution in [3.63, 3.8) is 0 Å². The highest BCUT2D eigenvalue weighted by Crippen LogP contribution is 2.26. The summed E-state index contributed by atoms with van der Waals surface area (Å²) in [4.78, 5) is 11.7. The summed E-state index contributed by atoms with van der Waals surface area (Å²) in [6, 6.07) is 9.49. The molecule has 0 atom stereocenters. The number of rotatable bonds is 2. The number of benzene rings is 1. The topological polar surface area (TPSA) is 45.8 Å². The molecule has 2 aromatic rings. The maximum Gasteiger partial charge on any atom is 0.161 e. The Balaban J connectivity index is 0.00000106. The van der Waals surface area contributed by atoms with Crippen LogP contribution < -0.4 is 0 Å². The first-order chi connectivity index (χ1) is 9.97. The van der Waals surface area contributed by atoms with E-state index in [9.17, 15) is 4.79 Å². The van der Waals surface area contributed by atoms with Crippen LogP contribution in [0.4, 0.5) is 0 Å². The van der Waals surface area contributed by atoms with Gasteiger partial charge in [0.1, 0.15) is 0 Å². The van der Waals surface area contributed by atoms with Crippen LogP contribution in [0.5, 0.6) is 0 Å². The normalized spacial score (nSPS) is 9.57. The van der Waals surface area contributed by atoms with Crippen molar-refractivity contribution >= 4 is 5.78 Å². The van der Waals surface area contributed by atoms with Gasteiger partial charge < -0.3 is 4.57 Å². The van der Waals surface area contributed by atoms with E-state index in [0.29, 0.717) is 5.56 Å². The van der Waals surface area contributed by atoms with Gasteiger partial charge in [0.2, 0.25) is 0 Å². The van der Waals surface area contributed by atoms with Gasteiger partial charge in [0.05, 0.1) is 11.6 Å². The lowest BCUT2D eigenvalue weighted by atomic mass is 10.1. The van der Waals surface area contributed by atoms with Gasteiger partial charge in [-0.3, -0.25) is 4.79 Å². The van der Waals surface area contributed by atoms with Crippen LogP contribution in [0.1, 0.15) is 53.6 Å². The van der Waals surface area contributed by atoms with Crippen molar-refractivity contribution in [2.45, 2.75) is 41.5 Å². The van der Waals surface area contributed by atoms with Gasteiger partial charge in [0.15, 0.2) is 5.78 Å².